The Kier molecular flexibility index (Phi) is 7.73. The molecule has 2 aliphatic heterocycles. The first-order valence-electron chi connectivity index (χ1n) is 11.5. The van der Waals surface area contributed by atoms with Gasteiger partial charge >= 0.3 is 0 Å². The van der Waals surface area contributed by atoms with E-state index in [-0.39, 0.29) is 24.3 Å². The number of ether oxygens (including phenoxy) is 2. The van der Waals surface area contributed by atoms with Crippen LogP contribution in [-0.4, -0.2) is 80.3 Å². The second-order valence-electron chi connectivity index (χ2n) is 8.56. The van der Waals surface area contributed by atoms with Gasteiger partial charge in [0, 0.05) is 39.8 Å². The zero-order valence-electron chi connectivity index (χ0n) is 18.8. The minimum absolute atomic E-state index is 0.0466. The van der Waals surface area contributed by atoms with Crippen molar-refractivity contribution in [1.29, 1.82) is 0 Å². The molecule has 7 heteroatoms. The largest absolute Gasteiger partial charge is 0.382 e. The van der Waals surface area contributed by atoms with Crippen LogP contribution in [0.25, 0.3) is 10.8 Å². The molecule has 32 heavy (non-hydrogen) atoms. The Labute approximate surface area is 189 Å². The molecular formula is C25H33N3O4. The number of rotatable bonds is 8. The predicted molar refractivity (Wildman–Crippen MR) is 123 cm³/mol. The standard InChI is InChI=1S/C25H33N3O4/c1-31-15-16-32-21-9-12-27(13-10-21)24(29)17-23-25(30)26-11-14-28(23)18-20-7-4-6-19-5-2-3-8-22(19)20/h2-8,21,23H,9-18H2,1H3,(H,26,30)/t23-/m1/s1. The molecule has 7 nitrogen and oxygen atoms in total. The van der Waals surface area contributed by atoms with Gasteiger partial charge in [0.05, 0.1) is 31.8 Å². The minimum atomic E-state index is -0.439. The van der Waals surface area contributed by atoms with Crippen molar-refractivity contribution in [1.82, 2.24) is 15.1 Å². The van der Waals surface area contributed by atoms with Crippen LogP contribution in [0.2, 0.25) is 0 Å². The highest BCUT2D eigenvalue weighted by molar-refractivity contribution is 5.89. The molecule has 2 amide bonds. The van der Waals surface area contributed by atoms with E-state index in [1.54, 1.807) is 7.11 Å². The van der Waals surface area contributed by atoms with E-state index in [9.17, 15) is 9.59 Å². The summed E-state index contributed by atoms with van der Waals surface area (Å²) in [6.07, 6.45) is 2.04. The monoisotopic (exact) mass is 439 g/mol. The van der Waals surface area contributed by atoms with Crippen molar-refractivity contribution < 1.29 is 19.1 Å². The second-order valence-corrected chi connectivity index (χ2v) is 8.56. The lowest BCUT2D eigenvalue weighted by atomic mass is 10.0. The number of piperazine rings is 1. The van der Waals surface area contributed by atoms with Crippen LogP contribution in [0, 0.1) is 0 Å². The number of piperidine rings is 1. The van der Waals surface area contributed by atoms with Gasteiger partial charge in [0.1, 0.15) is 0 Å². The molecule has 0 aliphatic carbocycles. The Balaban J connectivity index is 1.38. The fourth-order valence-electron chi connectivity index (χ4n) is 4.69. The molecular weight excluding hydrogens is 406 g/mol. The van der Waals surface area contributed by atoms with E-state index in [1.165, 1.54) is 16.3 Å². The zero-order chi connectivity index (χ0) is 22.3. The third-order valence-corrected chi connectivity index (χ3v) is 6.50. The van der Waals surface area contributed by atoms with E-state index >= 15 is 0 Å². The number of carbonyl (C=O) groups is 2. The van der Waals surface area contributed by atoms with Crippen LogP contribution >= 0.6 is 0 Å². The minimum Gasteiger partial charge on any atom is -0.382 e. The molecule has 2 aromatic rings. The quantitative estimate of drug-likeness (QED) is 0.639. The van der Waals surface area contributed by atoms with Crippen LogP contribution in [0.3, 0.4) is 0 Å². The third-order valence-electron chi connectivity index (χ3n) is 6.50. The van der Waals surface area contributed by atoms with Crippen molar-refractivity contribution in [2.75, 3.05) is 46.5 Å². The molecule has 0 bridgehead atoms. The van der Waals surface area contributed by atoms with E-state index in [1.807, 2.05) is 17.0 Å². The van der Waals surface area contributed by atoms with E-state index in [0.717, 1.165) is 19.4 Å². The molecule has 0 unspecified atom stereocenters. The lowest BCUT2D eigenvalue weighted by Gasteiger charge is -2.37. The van der Waals surface area contributed by atoms with Gasteiger partial charge in [-0.3, -0.25) is 14.5 Å². The number of carbonyl (C=O) groups excluding carboxylic acids is 2. The number of hydrogen-bond donors (Lipinski definition) is 1. The van der Waals surface area contributed by atoms with Gasteiger partial charge in [-0.25, -0.2) is 0 Å². The van der Waals surface area contributed by atoms with Gasteiger partial charge in [-0.1, -0.05) is 42.5 Å². The molecule has 4 rings (SSSR count). The highest BCUT2D eigenvalue weighted by Crippen LogP contribution is 2.23. The van der Waals surface area contributed by atoms with Crippen molar-refractivity contribution in [3.05, 3.63) is 48.0 Å². The van der Waals surface area contributed by atoms with Crippen molar-refractivity contribution in [2.24, 2.45) is 0 Å². The molecule has 1 atom stereocenters. The second kappa shape index (κ2) is 10.9. The van der Waals surface area contributed by atoms with Crippen LogP contribution in [0.1, 0.15) is 24.8 Å². The highest BCUT2D eigenvalue weighted by atomic mass is 16.5. The Hall–Kier alpha value is -2.48. The van der Waals surface area contributed by atoms with Crippen LogP contribution in [0.15, 0.2) is 42.5 Å². The first-order chi connectivity index (χ1) is 15.7. The van der Waals surface area contributed by atoms with Gasteiger partial charge in [0.25, 0.3) is 0 Å². The first-order valence-corrected chi connectivity index (χ1v) is 11.5. The lowest BCUT2D eigenvalue weighted by Crippen LogP contribution is -2.56. The van der Waals surface area contributed by atoms with E-state index in [4.69, 9.17) is 9.47 Å². The highest BCUT2D eigenvalue weighted by Gasteiger charge is 2.34. The molecule has 1 N–H and O–H groups in total. The molecule has 2 heterocycles. The number of likely N-dealkylation sites (tertiary alicyclic amines) is 1. The number of hydrogen-bond acceptors (Lipinski definition) is 5. The lowest BCUT2D eigenvalue weighted by molar-refractivity contribution is -0.140. The number of methoxy groups -OCH3 is 1. The summed E-state index contributed by atoms with van der Waals surface area (Å²) in [4.78, 5) is 29.8. The maximum atomic E-state index is 13.0. The number of amides is 2. The topological polar surface area (TPSA) is 71.1 Å². The van der Waals surface area contributed by atoms with Crippen molar-refractivity contribution in [3.8, 4) is 0 Å². The zero-order valence-corrected chi connectivity index (χ0v) is 18.8. The summed E-state index contributed by atoms with van der Waals surface area (Å²) in [6, 6.07) is 14.1. The molecule has 172 valence electrons. The summed E-state index contributed by atoms with van der Waals surface area (Å²) in [5.41, 5.74) is 1.18. The Morgan fingerprint density at radius 2 is 1.84 bits per heavy atom. The van der Waals surface area contributed by atoms with Crippen LogP contribution in [0.5, 0.6) is 0 Å². The van der Waals surface area contributed by atoms with E-state index in [2.05, 4.69) is 40.5 Å². The van der Waals surface area contributed by atoms with Crippen molar-refractivity contribution >= 4 is 22.6 Å². The maximum absolute atomic E-state index is 13.0. The number of nitrogens with zero attached hydrogens (tertiary/aromatic N) is 2. The number of benzene rings is 2. The first kappa shape index (κ1) is 22.7. The van der Waals surface area contributed by atoms with Gasteiger partial charge < -0.3 is 19.7 Å². The molecule has 0 saturated carbocycles. The molecule has 2 saturated heterocycles. The number of fused-ring (bicyclic) bond motifs is 1. The number of nitrogens with one attached hydrogen (secondary N) is 1. The van der Waals surface area contributed by atoms with Gasteiger partial charge in [-0.15, -0.1) is 0 Å². The summed E-state index contributed by atoms with van der Waals surface area (Å²) in [7, 11) is 1.66. The Bertz CT molecular complexity index is 921. The van der Waals surface area contributed by atoms with Crippen LogP contribution < -0.4 is 5.32 Å². The molecule has 2 aromatic carbocycles. The summed E-state index contributed by atoms with van der Waals surface area (Å²) < 4.78 is 10.8. The summed E-state index contributed by atoms with van der Waals surface area (Å²) in [6.45, 7) is 4.52. The van der Waals surface area contributed by atoms with Crippen LogP contribution in [0.4, 0.5) is 0 Å². The molecule has 0 spiro atoms. The van der Waals surface area contributed by atoms with Gasteiger partial charge in [0.2, 0.25) is 11.8 Å². The maximum Gasteiger partial charge on any atom is 0.237 e. The molecule has 0 aromatic heterocycles. The Morgan fingerprint density at radius 3 is 2.66 bits per heavy atom. The average molecular weight is 440 g/mol. The fourth-order valence-corrected chi connectivity index (χ4v) is 4.69. The molecule has 2 fully saturated rings. The fraction of sp³-hybridized carbons (Fsp3) is 0.520. The van der Waals surface area contributed by atoms with Crippen molar-refractivity contribution in [3.63, 3.8) is 0 Å². The summed E-state index contributed by atoms with van der Waals surface area (Å²) in [5.74, 6) is -0.00654. The molecule has 2 aliphatic rings. The SMILES string of the molecule is COCCOC1CCN(C(=O)C[C@@H]2C(=O)NCCN2Cc2cccc3ccccc23)CC1. The average Bonchev–Trinajstić information content (AvgIpc) is 2.82. The van der Waals surface area contributed by atoms with Crippen molar-refractivity contribution in [2.45, 2.75) is 38.0 Å². The Morgan fingerprint density at radius 1 is 1.06 bits per heavy atom. The predicted octanol–water partition coefficient (Wildman–Crippen LogP) is 2.18. The van der Waals surface area contributed by atoms with E-state index < -0.39 is 6.04 Å². The van der Waals surface area contributed by atoms with Gasteiger partial charge in [-0.05, 0) is 29.2 Å². The van der Waals surface area contributed by atoms with Gasteiger partial charge in [0.15, 0.2) is 0 Å². The molecule has 0 radical (unpaired) electrons. The third kappa shape index (κ3) is 5.46. The van der Waals surface area contributed by atoms with Crippen LogP contribution in [-0.2, 0) is 25.6 Å². The van der Waals surface area contributed by atoms with Gasteiger partial charge in [-0.2, -0.15) is 0 Å². The normalized spacial score (nSPS) is 20.5. The summed E-state index contributed by atoms with van der Waals surface area (Å²) in [5, 5.41) is 5.33. The smallest absolute Gasteiger partial charge is 0.237 e. The summed E-state index contributed by atoms with van der Waals surface area (Å²) >= 11 is 0. The van der Waals surface area contributed by atoms with E-state index in [0.29, 0.717) is 39.4 Å².